The lowest BCUT2D eigenvalue weighted by Crippen LogP contribution is -2.50. The minimum absolute atomic E-state index is 0.0358. The van der Waals surface area contributed by atoms with Crippen LogP contribution in [0, 0.1) is 23.2 Å². The maximum atomic E-state index is 14.0. The van der Waals surface area contributed by atoms with Crippen molar-refractivity contribution < 1.29 is 23.9 Å². The summed E-state index contributed by atoms with van der Waals surface area (Å²) in [4.78, 5) is 33.4. The average Bonchev–Trinajstić information content (AvgIpc) is 3.33. The zero-order valence-corrected chi connectivity index (χ0v) is 22.7. The number of aromatic nitrogens is 1. The summed E-state index contributed by atoms with van der Waals surface area (Å²) in [5.41, 5.74) is -0.893. The first-order valence-electron chi connectivity index (χ1n) is 12.5. The molecule has 2 bridgehead atoms. The van der Waals surface area contributed by atoms with Crippen molar-refractivity contribution in [2.45, 2.75) is 76.0 Å². The van der Waals surface area contributed by atoms with E-state index >= 15 is 0 Å². The smallest absolute Gasteiger partial charge is 0.240 e. The Balaban J connectivity index is 1.52. The predicted molar refractivity (Wildman–Crippen MR) is 137 cm³/mol. The highest BCUT2D eigenvalue weighted by molar-refractivity contribution is 6.74. The number of imide groups is 1. The summed E-state index contributed by atoms with van der Waals surface area (Å²) in [7, 11) is -2.03. The van der Waals surface area contributed by atoms with Crippen molar-refractivity contribution in [1.82, 2.24) is 4.98 Å². The second-order valence-corrected chi connectivity index (χ2v) is 16.8. The Morgan fingerprint density at radius 1 is 1.25 bits per heavy atom. The van der Waals surface area contributed by atoms with E-state index in [0.29, 0.717) is 35.2 Å². The molecular formula is C27H33N3O5Si. The van der Waals surface area contributed by atoms with Crippen LogP contribution in [0.15, 0.2) is 30.5 Å². The molecule has 3 aliphatic rings. The van der Waals surface area contributed by atoms with Crippen LogP contribution in [0.4, 0.5) is 5.69 Å². The molecule has 1 N–H and O–H groups in total. The fraction of sp³-hybridized carbons (Fsp3) is 0.556. The van der Waals surface area contributed by atoms with E-state index in [1.54, 1.807) is 37.4 Å². The normalized spacial score (nSPS) is 31.8. The number of aliphatic hydroxyl groups excluding tert-OH is 1. The lowest BCUT2D eigenvalue weighted by atomic mass is 9.66. The Morgan fingerprint density at radius 2 is 1.94 bits per heavy atom. The number of benzene rings is 1. The first kappa shape index (κ1) is 25.0. The van der Waals surface area contributed by atoms with E-state index in [1.165, 1.54) is 4.90 Å². The number of aliphatic hydroxyl groups is 1. The largest absolute Gasteiger partial charge is 0.417 e. The number of pyridine rings is 1. The molecule has 2 amide bonds. The van der Waals surface area contributed by atoms with Crippen LogP contribution in [0.2, 0.25) is 18.1 Å². The third-order valence-electron chi connectivity index (χ3n) is 9.02. The molecule has 3 fully saturated rings. The fourth-order valence-electron chi connectivity index (χ4n) is 6.00. The molecule has 0 radical (unpaired) electrons. The minimum Gasteiger partial charge on any atom is -0.417 e. The monoisotopic (exact) mass is 507 g/mol. The number of carbonyl (C=O) groups is 2. The summed E-state index contributed by atoms with van der Waals surface area (Å²) in [5, 5.41) is 21.1. The number of amides is 2. The zero-order chi connectivity index (χ0) is 26.3. The number of carbonyl (C=O) groups excluding carboxylic acids is 2. The van der Waals surface area contributed by atoms with E-state index in [9.17, 15) is 20.0 Å². The van der Waals surface area contributed by atoms with Crippen molar-refractivity contribution >= 4 is 36.7 Å². The molecule has 3 saturated heterocycles. The van der Waals surface area contributed by atoms with Gasteiger partial charge in [-0.25, -0.2) is 4.90 Å². The van der Waals surface area contributed by atoms with E-state index in [1.807, 2.05) is 0 Å². The van der Waals surface area contributed by atoms with Crippen LogP contribution < -0.4 is 4.90 Å². The van der Waals surface area contributed by atoms with Gasteiger partial charge in [-0.05, 0) is 55.7 Å². The second-order valence-electron chi connectivity index (χ2n) is 12.0. The van der Waals surface area contributed by atoms with E-state index in [4.69, 9.17) is 9.16 Å². The molecule has 0 spiro atoms. The highest BCUT2D eigenvalue weighted by Gasteiger charge is 2.77. The minimum atomic E-state index is -2.03. The first-order chi connectivity index (χ1) is 16.8. The van der Waals surface area contributed by atoms with Crippen LogP contribution in [-0.2, 0) is 18.8 Å². The van der Waals surface area contributed by atoms with Crippen LogP contribution in [0.1, 0.15) is 46.1 Å². The van der Waals surface area contributed by atoms with Crippen molar-refractivity contribution in [3.8, 4) is 6.07 Å². The number of hydrogen-bond acceptors (Lipinski definition) is 7. The molecule has 5 atom stereocenters. The fourth-order valence-corrected chi connectivity index (χ4v) is 7.05. The van der Waals surface area contributed by atoms with Gasteiger partial charge in [-0.15, -0.1) is 0 Å². The van der Waals surface area contributed by atoms with Crippen LogP contribution in [0.5, 0.6) is 0 Å². The lowest BCUT2D eigenvalue weighted by Gasteiger charge is -2.38. The number of fused-ring (bicyclic) bond motifs is 6. The molecule has 3 aliphatic heterocycles. The van der Waals surface area contributed by atoms with Crippen LogP contribution in [0.25, 0.3) is 10.9 Å². The molecule has 5 rings (SSSR count). The molecule has 0 aliphatic carbocycles. The van der Waals surface area contributed by atoms with Crippen molar-refractivity contribution in [3.63, 3.8) is 0 Å². The molecule has 5 unspecified atom stereocenters. The van der Waals surface area contributed by atoms with Gasteiger partial charge in [-0.1, -0.05) is 20.8 Å². The standard InChI is InChI=1S/C27H33N3O5Si/c1-25(2,3)36(5,6)34-13-11-27-14-19(31)26(4,35-27)20-21(27)24(33)30(23(20)32)18-10-9-16(15-28)22-17(18)8-7-12-29-22/h7-10,12,19-21,31H,11,13-14H2,1-6H3. The third kappa shape index (κ3) is 3.32. The number of hydrogen-bond donors (Lipinski definition) is 1. The van der Waals surface area contributed by atoms with Gasteiger partial charge in [0.05, 0.1) is 40.3 Å². The van der Waals surface area contributed by atoms with E-state index in [2.05, 4.69) is 44.9 Å². The Kier molecular flexibility index (Phi) is 5.51. The Morgan fingerprint density at radius 3 is 2.61 bits per heavy atom. The molecule has 0 saturated carbocycles. The highest BCUT2D eigenvalue weighted by Crippen LogP contribution is 2.62. The quantitative estimate of drug-likeness (QED) is 0.482. The predicted octanol–water partition coefficient (Wildman–Crippen LogP) is 3.92. The number of anilines is 1. The topological polar surface area (TPSA) is 113 Å². The van der Waals surface area contributed by atoms with Gasteiger partial charge >= 0.3 is 0 Å². The molecule has 190 valence electrons. The van der Waals surface area contributed by atoms with Crippen LogP contribution in [0.3, 0.4) is 0 Å². The van der Waals surface area contributed by atoms with Crippen molar-refractivity contribution in [2.24, 2.45) is 11.8 Å². The summed E-state index contributed by atoms with van der Waals surface area (Å²) < 4.78 is 12.8. The molecule has 2 aromatic rings. The number of nitrogens with zero attached hydrogens (tertiary/aromatic N) is 3. The lowest BCUT2D eigenvalue weighted by molar-refractivity contribution is -0.134. The Hall–Kier alpha value is -2.64. The average molecular weight is 508 g/mol. The maximum absolute atomic E-state index is 14.0. The van der Waals surface area contributed by atoms with Gasteiger partial charge in [0.15, 0.2) is 8.32 Å². The van der Waals surface area contributed by atoms with Gasteiger partial charge in [0.25, 0.3) is 0 Å². The summed E-state index contributed by atoms with van der Waals surface area (Å²) in [5.74, 6) is -2.20. The van der Waals surface area contributed by atoms with Gasteiger partial charge in [0.1, 0.15) is 11.7 Å². The van der Waals surface area contributed by atoms with E-state index < -0.39 is 37.5 Å². The Labute approximate surface area is 212 Å². The maximum Gasteiger partial charge on any atom is 0.240 e. The van der Waals surface area contributed by atoms with Crippen molar-refractivity contribution in [2.75, 3.05) is 11.5 Å². The van der Waals surface area contributed by atoms with Crippen LogP contribution in [-0.4, -0.2) is 54.1 Å². The van der Waals surface area contributed by atoms with Gasteiger partial charge in [-0.3, -0.25) is 14.6 Å². The van der Waals surface area contributed by atoms with E-state index in [0.717, 1.165) is 0 Å². The zero-order valence-electron chi connectivity index (χ0n) is 21.7. The van der Waals surface area contributed by atoms with E-state index in [-0.39, 0.29) is 23.3 Å². The van der Waals surface area contributed by atoms with Crippen LogP contribution >= 0.6 is 0 Å². The highest BCUT2D eigenvalue weighted by atomic mass is 28.4. The number of rotatable bonds is 5. The third-order valence-corrected chi connectivity index (χ3v) is 13.6. The molecule has 9 heteroatoms. The first-order valence-corrected chi connectivity index (χ1v) is 15.4. The summed E-state index contributed by atoms with van der Waals surface area (Å²) >= 11 is 0. The van der Waals surface area contributed by atoms with Gasteiger partial charge in [0, 0.05) is 24.6 Å². The van der Waals surface area contributed by atoms with Crippen molar-refractivity contribution in [3.05, 3.63) is 36.0 Å². The molecule has 1 aromatic carbocycles. The second kappa shape index (κ2) is 7.93. The van der Waals surface area contributed by atoms with Gasteiger partial charge < -0.3 is 14.3 Å². The van der Waals surface area contributed by atoms with Gasteiger partial charge in [0.2, 0.25) is 11.8 Å². The van der Waals surface area contributed by atoms with Crippen molar-refractivity contribution in [1.29, 1.82) is 5.26 Å². The molecule has 4 heterocycles. The number of nitriles is 1. The summed E-state index contributed by atoms with van der Waals surface area (Å²) in [6.45, 7) is 13.0. The molecule has 1 aromatic heterocycles. The SMILES string of the molecule is CC12OC(CCO[Si](C)(C)C(C)(C)C)(CC1O)C1C(=O)N(c3ccc(C#N)c4ncccc34)C(=O)C12. The summed E-state index contributed by atoms with van der Waals surface area (Å²) in [6, 6.07) is 8.82. The number of ether oxygens (including phenoxy) is 1. The Bertz CT molecular complexity index is 1310. The molecule has 8 nitrogen and oxygen atoms in total. The summed E-state index contributed by atoms with van der Waals surface area (Å²) in [6.07, 6.45) is 1.44. The molecule has 36 heavy (non-hydrogen) atoms. The van der Waals surface area contributed by atoms with Gasteiger partial charge in [-0.2, -0.15) is 5.26 Å². The molecular weight excluding hydrogens is 474 g/mol.